The minimum Gasteiger partial charge on any atom is -0.465 e. The summed E-state index contributed by atoms with van der Waals surface area (Å²) in [5, 5.41) is 2.93. The number of fused-ring (bicyclic) bond motifs is 1. The summed E-state index contributed by atoms with van der Waals surface area (Å²) in [4.78, 5) is 24.3. The Morgan fingerprint density at radius 2 is 1.76 bits per heavy atom. The van der Waals surface area contributed by atoms with Gasteiger partial charge in [-0.2, -0.15) is 0 Å². The molecule has 0 atom stereocenters. The molecule has 1 saturated carbocycles. The maximum Gasteiger partial charge on any atom is 0.337 e. The lowest BCUT2D eigenvalue weighted by atomic mass is 9.94. The normalized spacial score (nSPS) is 16.2. The molecule has 6 heteroatoms. The number of anilines is 1. The van der Waals surface area contributed by atoms with Crippen LogP contribution in [0, 0.1) is 0 Å². The molecule has 25 heavy (non-hydrogen) atoms. The van der Waals surface area contributed by atoms with Crippen molar-refractivity contribution in [3.8, 4) is 11.5 Å². The van der Waals surface area contributed by atoms with Crippen LogP contribution in [0.15, 0.2) is 42.5 Å². The van der Waals surface area contributed by atoms with Gasteiger partial charge in [0.1, 0.15) is 0 Å². The predicted molar refractivity (Wildman–Crippen MR) is 89.9 cm³/mol. The molecule has 2 aromatic rings. The monoisotopic (exact) mass is 339 g/mol. The quantitative estimate of drug-likeness (QED) is 0.867. The molecule has 0 spiro atoms. The van der Waals surface area contributed by atoms with Gasteiger partial charge in [-0.25, -0.2) is 4.79 Å². The van der Waals surface area contributed by atoms with Crippen LogP contribution in [0.5, 0.6) is 11.5 Å². The highest BCUT2D eigenvalue weighted by atomic mass is 16.7. The Balaban J connectivity index is 1.52. The van der Waals surface area contributed by atoms with Crippen molar-refractivity contribution in [2.75, 3.05) is 19.2 Å². The van der Waals surface area contributed by atoms with Crippen LogP contribution in [-0.4, -0.2) is 25.8 Å². The van der Waals surface area contributed by atoms with E-state index in [2.05, 4.69) is 10.1 Å². The first-order valence-electron chi connectivity index (χ1n) is 8.02. The van der Waals surface area contributed by atoms with Crippen LogP contribution in [0.2, 0.25) is 0 Å². The second kappa shape index (κ2) is 5.81. The van der Waals surface area contributed by atoms with Crippen LogP contribution in [0.1, 0.15) is 28.8 Å². The molecule has 0 radical (unpaired) electrons. The fourth-order valence-electron chi connectivity index (χ4n) is 3.02. The molecule has 1 aliphatic carbocycles. The van der Waals surface area contributed by atoms with Crippen LogP contribution in [-0.2, 0) is 14.9 Å². The second-order valence-corrected chi connectivity index (χ2v) is 6.17. The lowest BCUT2D eigenvalue weighted by Crippen LogP contribution is -2.27. The Morgan fingerprint density at radius 3 is 2.44 bits per heavy atom. The van der Waals surface area contributed by atoms with Gasteiger partial charge < -0.3 is 19.5 Å². The van der Waals surface area contributed by atoms with Gasteiger partial charge in [-0.3, -0.25) is 4.79 Å². The first-order chi connectivity index (χ1) is 12.1. The zero-order valence-corrected chi connectivity index (χ0v) is 13.7. The molecule has 0 unspecified atom stereocenters. The Labute approximate surface area is 144 Å². The van der Waals surface area contributed by atoms with E-state index < -0.39 is 11.4 Å². The van der Waals surface area contributed by atoms with Gasteiger partial charge in [0, 0.05) is 5.69 Å². The molecule has 0 saturated heterocycles. The number of carbonyl (C=O) groups excluding carboxylic acids is 2. The van der Waals surface area contributed by atoms with Crippen molar-refractivity contribution in [1.82, 2.24) is 0 Å². The number of methoxy groups -OCH3 is 1. The summed E-state index contributed by atoms with van der Waals surface area (Å²) in [6.07, 6.45) is 1.58. The summed E-state index contributed by atoms with van der Waals surface area (Å²) in [6.45, 7) is 0.213. The molecule has 2 aromatic carbocycles. The maximum atomic E-state index is 12.8. The summed E-state index contributed by atoms with van der Waals surface area (Å²) in [5.41, 5.74) is 1.49. The SMILES string of the molecule is COC(=O)c1ccc(NC(=O)C2(c3ccc4c(c3)OCO4)CC2)cc1. The molecule has 1 heterocycles. The molecule has 1 fully saturated rings. The first kappa shape index (κ1) is 15.5. The highest BCUT2D eigenvalue weighted by Gasteiger charge is 2.51. The second-order valence-electron chi connectivity index (χ2n) is 6.17. The van der Waals surface area contributed by atoms with Crippen molar-refractivity contribution in [1.29, 1.82) is 0 Å². The Kier molecular flexibility index (Phi) is 3.60. The lowest BCUT2D eigenvalue weighted by molar-refractivity contribution is -0.118. The van der Waals surface area contributed by atoms with Gasteiger partial charge in [-0.15, -0.1) is 0 Å². The van der Waals surface area contributed by atoms with Crippen LogP contribution in [0.4, 0.5) is 5.69 Å². The van der Waals surface area contributed by atoms with E-state index in [4.69, 9.17) is 9.47 Å². The molecule has 2 aliphatic rings. The minimum atomic E-state index is -0.526. The van der Waals surface area contributed by atoms with Crippen LogP contribution in [0.3, 0.4) is 0 Å². The summed E-state index contributed by atoms with van der Waals surface area (Å²) in [6, 6.07) is 12.3. The number of carbonyl (C=O) groups is 2. The van der Waals surface area contributed by atoms with Gasteiger partial charge in [0.25, 0.3) is 0 Å². The third-order valence-electron chi connectivity index (χ3n) is 4.67. The van der Waals surface area contributed by atoms with Gasteiger partial charge in [0.2, 0.25) is 12.7 Å². The Bertz CT molecular complexity index is 839. The van der Waals surface area contributed by atoms with Gasteiger partial charge in [-0.1, -0.05) is 6.07 Å². The van der Waals surface area contributed by atoms with Crippen molar-refractivity contribution in [3.63, 3.8) is 0 Å². The minimum absolute atomic E-state index is 0.0582. The molecular formula is C19H17NO5. The first-order valence-corrected chi connectivity index (χ1v) is 8.02. The fraction of sp³-hybridized carbons (Fsp3) is 0.263. The Hall–Kier alpha value is -3.02. The number of hydrogen-bond donors (Lipinski definition) is 1. The van der Waals surface area contributed by atoms with Crippen LogP contribution < -0.4 is 14.8 Å². The molecule has 6 nitrogen and oxygen atoms in total. The summed E-state index contributed by atoms with van der Waals surface area (Å²) in [5.74, 6) is 0.923. The number of nitrogens with one attached hydrogen (secondary N) is 1. The smallest absolute Gasteiger partial charge is 0.337 e. The topological polar surface area (TPSA) is 73.9 Å². The molecule has 1 N–H and O–H groups in total. The van der Waals surface area contributed by atoms with Crippen molar-refractivity contribution in [2.45, 2.75) is 18.3 Å². The van der Waals surface area contributed by atoms with Gasteiger partial charge in [0.05, 0.1) is 18.1 Å². The van der Waals surface area contributed by atoms with Gasteiger partial charge in [-0.05, 0) is 54.8 Å². The van der Waals surface area contributed by atoms with Gasteiger partial charge >= 0.3 is 5.97 Å². The number of benzene rings is 2. The van der Waals surface area contributed by atoms with Crippen molar-refractivity contribution >= 4 is 17.6 Å². The van der Waals surface area contributed by atoms with E-state index in [1.807, 2.05) is 18.2 Å². The average Bonchev–Trinajstić information content (AvgIpc) is 3.33. The van der Waals surface area contributed by atoms with Crippen molar-refractivity contribution in [2.24, 2.45) is 0 Å². The van der Waals surface area contributed by atoms with E-state index in [9.17, 15) is 9.59 Å². The van der Waals surface area contributed by atoms with E-state index in [-0.39, 0.29) is 12.7 Å². The summed E-state index contributed by atoms with van der Waals surface area (Å²) >= 11 is 0. The Morgan fingerprint density at radius 1 is 1.04 bits per heavy atom. The molecule has 4 rings (SSSR count). The van der Waals surface area contributed by atoms with Crippen LogP contribution >= 0.6 is 0 Å². The molecule has 1 aliphatic heterocycles. The average molecular weight is 339 g/mol. The number of rotatable bonds is 4. The van der Waals surface area contributed by atoms with E-state index in [1.165, 1.54) is 7.11 Å². The van der Waals surface area contributed by atoms with Gasteiger partial charge in [0.15, 0.2) is 11.5 Å². The number of amides is 1. The third kappa shape index (κ3) is 2.69. The summed E-state index contributed by atoms with van der Waals surface area (Å²) < 4.78 is 15.4. The van der Waals surface area contributed by atoms with E-state index >= 15 is 0 Å². The largest absolute Gasteiger partial charge is 0.465 e. The standard InChI is InChI=1S/C19H17NO5/c1-23-17(21)12-2-5-14(6-3-12)20-18(22)19(8-9-19)13-4-7-15-16(10-13)25-11-24-15/h2-7,10H,8-9,11H2,1H3,(H,20,22). The van der Waals surface area contributed by atoms with Crippen LogP contribution in [0.25, 0.3) is 0 Å². The van der Waals surface area contributed by atoms with E-state index in [0.29, 0.717) is 22.7 Å². The third-order valence-corrected chi connectivity index (χ3v) is 4.67. The fourth-order valence-corrected chi connectivity index (χ4v) is 3.02. The molecule has 128 valence electrons. The number of esters is 1. The number of ether oxygens (including phenoxy) is 3. The van der Waals surface area contributed by atoms with Crippen molar-refractivity contribution in [3.05, 3.63) is 53.6 Å². The molecule has 0 bridgehead atoms. The van der Waals surface area contributed by atoms with Crippen molar-refractivity contribution < 1.29 is 23.8 Å². The zero-order chi connectivity index (χ0) is 17.4. The molecule has 1 amide bonds. The lowest BCUT2D eigenvalue weighted by Gasteiger charge is -2.16. The highest BCUT2D eigenvalue weighted by molar-refractivity contribution is 6.01. The number of hydrogen-bond acceptors (Lipinski definition) is 5. The maximum absolute atomic E-state index is 12.8. The zero-order valence-electron chi connectivity index (χ0n) is 13.7. The van der Waals surface area contributed by atoms with E-state index in [1.54, 1.807) is 24.3 Å². The predicted octanol–water partition coefficient (Wildman–Crippen LogP) is 2.87. The van der Waals surface area contributed by atoms with E-state index in [0.717, 1.165) is 18.4 Å². The molecule has 0 aromatic heterocycles. The summed E-state index contributed by atoms with van der Waals surface area (Å²) in [7, 11) is 1.33. The molecular weight excluding hydrogens is 322 g/mol. The highest BCUT2D eigenvalue weighted by Crippen LogP contribution is 2.51.